The number of hydrogen-bond donors (Lipinski definition) is 1. The highest BCUT2D eigenvalue weighted by Gasteiger charge is 2.13. The molecule has 122 valence electrons. The van der Waals surface area contributed by atoms with Crippen LogP contribution in [0.15, 0.2) is 47.6 Å². The molecule has 0 bridgehead atoms. The minimum Gasteiger partial charge on any atom is -0.321 e. The van der Waals surface area contributed by atoms with Gasteiger partial charge in [-0.25, -0.2) is 4.98 Å². The van der Waals surface area contributed by atoms with E-state index in [1.165, 1.54) is 0 Å². The van der Waals surface area contributed by atoms with Crippen LogP contribution in [0.1, 0.15) is 28.5 Å². The Hall–Kier alpha value is -2.40. The van der Waals surface area contributed by atoms with Gasteiger partial charge in [-0.15, -0.1) is 11.8 Å². The van der Waals surface area contributed by atoms with Gasteiger partial charge in [-0.05, 0) is 49.9 Å². The van der Waals surface area contributed by atoms with E-state index in [2.05, 4.69) is 22.2 Å². The molecular formula is C19H19N3OS. The maximum absolute atomic E-state index is 12.7. The number of carbonyl (C=O) groups is 1. The van der Waals surface area contributed by atoms with Crippen LogP contribution in [0.3, 0.4) is 0 Å². The minimum atomic E-state index is -0.145. The van der Waals surface area contributed by atoms with Crippen molar-refractivity contribution in [2.45, 2.75) is 25.8 Å². The Morgan fingerprint density at radius 2 is 2.00 bits per heavy atom. The second-order valence-electron chi connectivity index (χ2n) is 5.60. The largest absolute Gasteiger partial charge is 0.321 e. The number of thioether (sulfide) groups is 1. The van der Waals surface area contributed by atoms with Crippen molar-refractivity contribution in [2.75, 3.05) is 11.1 Å². The second-order valence-corrected chi connectivity index (χ2v) is 6.89. The molecule has 0 spiro atoms. The van der Waals surface area contributed by atoms with Gasteiger partial charge in [0.05, 0.1) is 28.0 Å². The molecule has 0 aliphatic carbocycles. The average molecular weight is 337 g/mol. The fourth-order valence-corrected chi connectivity index (χ4v) is 3.13. The topological polar surface area (TPSA) is 54.9 Å². The molecule has 0 aliphatic heterocycles. The van der Waals surface area contributed by atoms with Gasteiger partial charge in [0.15, 0.2) is 0 Å². The lowest BCUT2D eigenvalue weighted by Gasteiger charge is -2.10. The number of pyridine rings is 2. The first-order chi connectivity index (χ1) is 11.6. The summed E-state index contributed by atoms with van der Waals surface area (Å²) in [5, 5.41) is 4.75. The zero-order valence-corrected chi connectivity index (χ0v) is 14.8. The van der Waals surface area contributed by atoms with Crippen LogP contribution in [0.2, 0.25) is 0 Å². The lowest BCUT2D eigenvalue weighted by atomic mass is 10.0. The van der Waals surface area contributed by atoms with Crippen molar-refractivity contribution in [1.82, 2.24) is 9.97 Å². The molecule has 0 radical (unpaired) electrons. The molecule has 0 saturated carbocycles. The number of rotatable bonds is 4. The lowest BCUT2D eigenvalue weighted by Crippen LogP contribution is -2.13. The van der Waals surface area contributed by atoms with E-state index in [1.807, 2.05) is 50.2 Å². The standard InChI is InChI=1S/C19H19N3OS/c1-4-24-18-8-6-14(11-20-18)22-19(23)16-10-13(3)21-17-7-5-12(2)9-15(16)17/h5-11H,4H2,1-3H3,(H,22,23). The van der Waals surface area contributed by atoms with Gasteiger partial charge in [0.2, 0.25) is 0 Å². The summed E-state index contributed by atoms with van der Waals surface area (Å²) in [5.41, 5.74) is 4.08. The first-order valence-corrected chi connectivity index (χ1v) is 8.83. The summed E-state index contributed by atoms with van der Waals surface area (Å²) in [4.78, 5) is 21.6. The fraction of sp³-hybridized carbons (Fsp3) is 0.211. The number of carbonyl (C=O) groups excluding carboxylic acids is 1. The summed E-state index contributed by atoms with van der Waals surface area (Å²) in [5.74, 6) is 0.828. The van der Waals surface area contributed by atoms with Gasteiger partial charge in [-0.2, -0.15) is 0 Å². The third-order valence-corrected chi connectivity index (χ3v) is 4.45. The summed E-state index contributed by atoms with van der Waals surface area (Å²) in [6.07, 6.45) is 1.69. The Labute approximate surface area is 145 Å². The number of nitrogens with one attached hydrogen (secondary N) is 1. The van der Waals surface area contributed by atoms with Crippen molar-refractivity contribution in [2.24, 2.45) is 0 Å². The van der Waals surface area contributed by atoms with Gasteiger partial charge < -0.3 is 5.32 Å². The number of nitrogens with zero attached hydrogens (tertiary/aromatic N) is 2. The molecule has 24 heavy (non-hydrogen) atoms. The van der Waals surface area contributed by atoms with Crippen LogP contribution in [0, 0.1) is 13.8 Å². The Kier molecular flexibility index (Phi) is 4.81. The number of benzene rings is 1. The van der Waals surface area contributed by atoms with E-state index >= 15 is 0 Å². The predicted octanol–water partition coefficient (Wildman–Crippen LogP) is 4.61. The van der Waals surface area contributed by atoms with Crippen LogP contribution in [-0.4, -0.2) is 21.6 Å². The monoisotopic (exact) mass is 337 g/mol. The molecular weight excluding hydrogens is 318 g/mol. The Bertz CT molecular complexity index is 891. The van der Waals surface area contributed by atoms with Gasteiger partial charge in [0.25, 0.3) is 5.91 Å². The SMILES string of the molecule is CCSc1ccc(NC(=O)c2cc(C)nc3ccc(C)cc23)cn1. The minimum absolute atomic E-state index is 0.145. The molecule has 4 nitrogen and oxygen atoms in total. The summed E-state index contributed by atoms with van der Waals surface area (Å²) < 4.78 is 0. The molecule has 2 heterocycles. The first kappa shape index (κ1) is 16.5. The summed E-state index contributed by atoms with van der Waals surface area (Å²) >= 11 is 1.67. The molecule has 5 heteroatoms. The Morgan fingerprint density at radius 1 is 1.17 bits per heavy atom. The van der Waals surface area contributed by atoms with Crippen molar-refractivity contribution < 1.29 is 4.79 Å². The van der Waals surface area contributed by atoms with Gasteiger partial charge in [0, 0.05) is 11.1 Å². The highest BCUT2D eigenvalue weighted by Crippen LogP contribution is 2.22. The Morgan fingerprint density at radius 3 is 2.71 bits per heavy atom. The van der Waals surface area contributed by atoms with Crippen LogP contribution in [-0.2, 0) is 0 Å². The molecule has 0 unspecified atom stereocenters. The summed E-state index contributed by atoms with van der Waals surface area (Å²) in [6.45, 7) is 5.99. The van der Waals surface area contributed by atoms with Crippen LogP contribution in [0.5, 0.6) is 0 Å². The number of anilines is 1. The van der Waals surface area contributed by atoms with Crippen molar-refractivity contribution in [3.8, 4) is 0 Å². The first-order valence-electron chi connectivity index (χ1n) is 7.85. The average Bonchev–Trinajstić information content (AvgIpc) is 2.56. The normalized spacial score (nSPS) is 10.8. The number of hydrogen-bond acceptors (Lipinski definition) is 4. The molecule has 1 N–H and O–H groups in total. The van der Waals surface area contributed by atoms with Crippen molar-refractivity contribution in [3.05, 3.63) is 59.4 Å². The van der Waals surface area contributed by atoms with Crippen LogP contribution in [0.4, 0.5) is 5.69 Å². The highest BCUT2D eigenvalue weighted by molar-refractivity contribution is 7.99. The molecule has 3 rings (SSSR count). The van der Waals surface area contributed by atoms with Gasteiger partial charge >= 0.3 is 0 Å². The summed E-state index contributed by atoms with van der Waals surface area (Å²) in [6, 6.07) is 11.6. The number of aromatic nitrogens is 2. The lowest BCUT2D eigenvalue weighted by molar-refractivity contribution is 0.102. The van der Waals surface area contributed by atoms with Crippen LogP contribution < -0.4 is 5.32 Å². The van der Waals surface area contributed by atoms with E-state index in [1.54, 1.807) is 18.0 Å². The van der Waals surface area contributed by atoms with Crippen LogP contribution >= 0.6 is 11.8 Å². The quantitative estimate of drug-likeness (QED) is 0.706. The van der Waals surface area contributed by atoms with Gasteiger partial charge in [0.1, 0.15) is 0 Å². The Balaban J connectivity index is 1.92. The van der Waals surface area contributed by atoms with E-state index < -0.39 is 0 Å². The third kappa shape index (κ3) is 3.57. The van der Waals surface area contributed by atoms with Crippen LogP contribution in [0.25, 0.3) is 10.9 Å². The molecule has 2 aromatic heterocycles. The number of fused-ring (bicyclic) bond motifs is 1. The fourth-order valence-electron chi connectivity index (χ4n) is 2.55. The van der Waals surface area contributed by atoms with Gasteiger partial charge in [-0.3, -0.25) is 9.78 Å². The molecule has 1 aromatic carbocycles. The molecule has 0 fully saturated rings. The zero-order chi connectivity index (χ0) is 17.1. The van der Waals surface area contributed by atoms with Crippen molar-refractivity contribution in [3.63, 3.8) is 0 Å². The highest BCUT2D eigenvalue weighted by atomic mass is 32.2. The molecule has 0 aliphatic rings. The molecule has 3 aromatic rings. The van der Waals surface area contributed by atoms with Gasteiger partial charge in [-0.1, -0.05) is 18.6 Å². The van der Waals surface area contributed by atoms with E-state index in [0.29, 0.717) is 11.3 Å². The van der Waals surface area contributed by atoms with Crippen molar-refractivity contribution >= 4 is 34.3 Å². The maximum atomic E-state index is 12.7. The van der Waals surface area contributed by atoms with E-state index in [9.17, 15) is 4.79 Å². The van der Waals surface area contributed by atoms with Crippen molar-refractivity contribution in [1.29, 1.82) is 0 Å². The number of aryl methyl sites for hydroxylation is 2. The molecule has 0 atom stereocenters. The third-order valence-electron chi connectivity index (χ3n) is 3.62. The van der Waals surface area contributed by atoms with E-state index in [4.69, 9.17) is 0 Å². The molecule has 0 saturated heterocycles. The zero-order valence-electron chi connectivity index (χ0n) is 14.0. The second kappa shape index (κ2) is 7.01. The number of amides is 1. The van der Waals surface area contributed by atoms with E-state index in [-0.39, 0.29) is 5.91 Å². The van der Waals surface area contributed by atoms with E-state index in [0.717, 1.165) is 32.9 Å². The summed E-state index contributed by atoms with van der Waals surface area (Å²) in [7, 11) is 0. The maximum Gasteiger partial charge on any atom is 0.256 e. The smallest absolute Gasteiger partial charge is 0.256 e. The molecule has 1 amide bonds. The predicted molar refractivity (Wildman–Crippen MR) is 99.8 cm³/mol.